The minimum atomic E-state index is -1.60. The van der Waals surface area contributed by atoms with Crippen molar-refractivity contribution in [3.63, 3.8) is 0 Å². The fourth-order valence-corrected chi connectivity index (χ4v) is 3.74. The number of hydrogen-bond donors (Lipinski definition) is 4. The van der Waals surface area contributed by atoms with E-state index in [4.69, 9.17) is 25.8 Å². The van der Waals surface area contributed by atoms with E-state index in [1.165, 1.54) is 6.07 Å². The van der Waals surface area contributed by atoms with Crippen molar-refractivity contribution < 1.29 is 39.4 Å². The maximum Gasteiger partial charge on any atom is 0.229 e. The Hall–Kier alpha value is -2.20. The van der Waals surface area contributed by atoms with Crippen LogP contribution in [0.5, 0.6) is 11.5 Å². The van der Waals surface area contributed by atoms with Crippen LogP contribution in [0.2, 0.25) is 5.02 Å². The molecule has 3 rings (SSSR count). The highest BCUT2D eigenvalue weighted by Gasteiger charge is 2.45. The van der Waals surface area contributed by atoms with E-state index in [9.17, 15) is 25.2 Å². The maximum atomic E-state index is 13.0. The second-order valence-corrected chi connectivity index (χ2v) is 7.84. The SMILES string of the molecule is CCOc1ccc(CCC(=O)c2c(Cl)cccc2O[C@@H]2O[C@H](CO)[C@@H](O)[C@H](O)[C@H]2O)cc1. The molecule has 1 aliphatic heterocycles. The van der Waals surface area contributed by atoms with Gasteiger partial charge < -0.3 is 34.6 Å². The number of aliphatic hydroxyl groups is 4. The highest BCUT2D eigenvalue weighted by atomic mass is 35.5. The Balaban J connectivity index is 1.73. The lowest BCUT2D eigenvalue weighted by Crippen LogP contribution is -2.60. The number of carbonyl (C=O) groups is 1. The van der Waals surface area contributed by atoms with E-state index in [0.29, 0.717) is 13.0 Å². The van der Waals surface area contributed by atoms with E-state index in [2.05, 4.69) is 0 Å². The summed E-state index contributed by atoms with van der Waals surface area (Å²) in [6.07, 6.45) is -6.62. The number of ether oxygens (including phenoxy) is 3. The van der Waals surface area contributed by atoms with Gasteiger partial charge in [0, 0.05) is 6.42 Å². The third kappa shape index (κ3) is 5.58. The van der Waals surface area contributed by atoms with E-state index < -0.39 is 37.3 Å². The average Bonchev–Trinajstić information content (AvgIpc) is 2.79. The normalized spacial score (nSPS) is 25.4. The number of aryl methyl sites for hydroxylation is 1. The number of ketones is 1. The van der Waals surface area contributed by atoms with Gasteiger partial charge >= 0.3 is 0 Å². The van der Waals surface area contributed by atoms with Crippen LogP contribution >= 0.6 is 11.6 Å². The Morgan fingerprint density at radius 3 is 2.44 bits per heavy atom. The predicted molar refractivity (Wildman–Crippen MR) is 116 cm³/mol. The zero-order valence-corrected chi connectivity index (χ0v) is 18.3. The summed E-state index contributed by atoms with van der Waals surface area (Å²) in [4.78, 5) is 13.0. The van der Waals surface area contributed by atoms with Crippen molar-refractivity contribution in [2.75, 3.05) is 13.2 Å². The van der Waals surface area contributed by atoms with E-state index in [-0.39, 0.29) is 28.5 Å². The Labute approximate surface area is 190 Å². The van der Waals surface area contributed by atoms with Crippen LogP contribution in [0, 0.1) is 0 Å². The lowest BCUT2D eigenvalue weighted by atomic mass is 9.99. The summed E-state index contributed by atoms with van der Waals surface area (Å²) in [5.41, 5.74) is 1.07. The second kappa shape index (κ2) is 11.1. The minimum Gasteiger partial charge on any atom is -0.494 e. The zero-order valence-electron chi connectivity index (χ0n) is 17.6. The molecule has 1 heterocycles. The number of hydrogen-bond acceptors (Lipinski definition) is 8. The van der Waals surface area contributed by atoms with Crippen LogP contribution < -0.4 is 9.47 Å². The Morgan fingerprint density at radius 1 is 1.06 bits per heavy atom. The molecule has 1 aliphatic rings. The summed E-state index contributed by atoms with van der Waals surface area (Å²) < 4.78 is 16.5. The first-order valence-electron chi connectivity index (χ1n) is 10.4. The molecule has 1 saturated heterocycles. The predicted octanol–water partition coefficient (Wildman–Crippen LogP) is 1.73. The van der Waals surface area contributed by atoms with Crippen LogP contribution in [0.15, 0.2) is 42.5 Å². The molecule has 4 N–H and O–H groups in total. The number of benzene rings is 2. The first-order valence-corrected chi connectivity index (χ1v) is 10.7. The van der Waals surface area contributed by atoms with Gasteiger partial charge in [-0.25, -0.2) is 0 Å². The van der Waals surface area contributed by atoms with Crippen LogP contribution in [0.1, 0.15) is 29.3 Å². The lowest BCUT2D eigenvalue weighted by molar-refractivity contribution is -0.277. The molecule has 0 unspecified atom stereocenters. The van der Waals surface area contributed by atoms with Crippen LogP contribution in [-0.4, -0.2) is 70.1 Å². The Kier molecular flexibility index (Phi) is 8.47. The van der Waals surface area contributed by atoms with Crippen molar-refractivity contribution in [1.82, 2.24) is 0 Å². The summed E-state index contributed by atoms with van der Waals surface area (Å²) >= 11 is 6.27. The molecule has 2 aromatic rings. The lowest BCUT2D eigenvalue weighted by Gasteiger charge is -2.39. The van der Waals surface area contributed by atoms with Gasteiger partial charge in [-0.05, 0) is 43.2 Å². The molecule has 0 bridgehead atoms. The average molecular weight is 467 g/mol. The summed E-state index contributed by atoms with van der Waals surface area (Å²) in [6.45, 7) is 1.88. The van der Waals surface area contributed by atoms with E-state index in [0.717, 1.165) is 11.3 Å². The molecule has 0 saturated carbocycles. The third-order valence-electron chi connectivity index (χ3n) is 5.22. The van der Waals surface area contributed by atoms with Crippen molar-refractivity contribution in [3.8, 4) is 11.5 Å². The van der Waals surface area contributed by atoms with Crippen LogP contribution in [-0.2, 0) is 11.2 Å². The molecular weight excluding hydrogens is 440 g/mol. The van der Waals surface area contributed by atoms with Crippen molar-refractivity contribution >= 4 is 17.4 Å². The van der Waals surface area contributed by atoms with Gasteiger partial charge in [-0.2, -0.15) is 0 Å². The van der Waals surface area contributed by atoms with E-state index >= 15 is 0 Å². The molecule has 0 aromatic heterocycles. The van der Waals surface area contributed by atoms with Crippen molar-refractivity contribution in [3.05, 3.63) is 58.6 Å². The van der Waals surface area contributed by atoms with Crippen LogP contribution in [0.3, 0.4) is 0 Å². The maximum absolute atomic E-state index is 13.0. The molecule has 0 aliphatic carbocycles. The number of carbonyl (C=O) groups excluding carboxylic acids is 1. The standard InChI is InChI=1S/C23H27ClO8/c1-2-30-14-9-6-13(7-10-14)8-11-16(26)19-15(24)4-3-5-17(19)31-23-22(29)21(28)20(27)18(12-25)32-23/h3-7,9-10,18,20-23,25,27-29H,2,8,11-12H2,1H3/t18-,20-,21+,22-,23-/m1/s1. The van der Waals surface area contributed by atoms with Crippen LogP contribution in [0.4, 0.5) is 0 Å². The Morgan fingerprint density at radius 2 is 1.78 bits per heavy atom. The first kappa shape index (κ1) is 24.4. The van der Waals surface area contributed by atoms with Gasteiger partial charge in [-0.15, -0.1) is 0 Å². The number of aliphatic hydroxyl groups excluding tert-OH is 4. The van der Waals surface area contributed by atoms with Crippen molar-refractivity contribution in [1.29, 1.82) is 0 Å². The molecule has 32 heavy (non-hydrogen) atoms. The van der Waals surface area contributed by atoms with E-state index in [1.54, 1.807) is 12.1 Å². The van der Waals surface area contributed by atoms with Crippen molar-refractivity contribution in [2.45, 2.75) is 50.5 Å². The van der Waals surface area contributed by atoms with Crippen molar-refractivity contribution in [2.24, 2.45) is 0 Å². The molecular formula is C23H27ClO8. The van der Waals surface area contributed by atoms with Gasteiger partial charge in [-0.3, -0.25) is 4.79 Å². The topological polar surface area (TPSA) is 126 Å². The fourth-order valence-electron chi connectivity index (χ4n) is 3.46. The van der Waals surface area contributed by atoms with E-state index in [1.807, 2.05) is 31.2 Å². The summed E-state index contributed by atoms with van der Waals surface area (Å²) in [6, 6.07) is 12.1. The van der Waals surface area contributed by atoms with Crippen LogP contribution in [0.25, 0.3) is 0 Å². The molecule has 0 amide bonds. The zero-order chi connectivity index (χ0) is 23.3. The molecule has 1 fully saturated rings. The van der Waals surface area contributed by atoms with Gasteiger partial charge in [0.15, 0.2) is 5.78 Å². The molecule has 0 radical (unpaired) electrons. The molecule has 5 atom stereocenters. The summed E-state index contributed by atoms with van der Waals surface area (Å²) in [5.74, 6) is 0.548. The largest absolute Gasteiger partial charge is 0.494 e. The molecule has 2 aromatic carbocycles. The quantitative estimate of drug-likeness (QED) is 0.412. The Bertz CT molecular complexity index is 901. The summed E-state index contributed by atoms with van der Waals surface area (Å²) in [7, 11) is 0. The number of halogens is 1. The number of rotatable bonds is 9. The van der Waals surface area contributed by atoms with Gasteiger partial charge in [0.25, 0.3) is 0 Å². The second-order valence-electron chi connectivity index (χ2n) is 7.43. The highest BCUT2D eigenvalue weighted by Crippen LogP contribution is 2.31. The first-order chi connectivity index (χ1) is 15.3. The van der Waals surface area contributed by atoms with Gasteiger partial charge in [0.05, 0.1) is 23.8 Å². The monoisotopic (exact) mass is 466 g/mol. The molecule has 174 valence electrons. The summed E-state index contributed by atoms with van der Waals surface area (Å²) in [5, 5.41) is 39.6. The molecule has 8 nitrogen and oxygen atoms in total. The molecule has 0 spiro atoms. The number of Topliss-reactive ketones (excluding diaryl/α,β-unsaturated/α-hetero) is 1. The third-order valence-corrected chi connectivity index (χ3v) is 5.54. The van der Waals surface area contributed by atoms with Gasteiger partial charge in [-0.1, -0.05) is 29.8 Å². The molecule has 9 heteroatoms. The highest BCUT2D eigenvalue weighted by molar-refractivity contribution is 6.34. The smallest absolute Gasteiger partial charge is 0.229 e. The fraction of sp³-hybridized carbons (Fsp3) is 0.435. The minimum absolute atomic E-state index is 0.0681. The van der Waals surface area contributed by atoms with Gasteiger partial charge in [0.2, 0.25) is 6.29 Å². The van der Waals surface area contributed by atoms with Gasteiger partial charge in [0.1, 0.15) is 35.9 Å².